The minimum atomic E-state index is -3.98. The maximum Gasteiger partial charge on any atom is 0.303 e. The average Bonchev–Trinajstić information content (AvgIpc) is 2.82. The van der Waals surface area contributed by atoms with Crippen molar-refractivity contribution in [1.29, 1.82) is 0 Å². The van der Waals surface area contributed by atoms with Crippen LogP contribution in [0.5, 0.6) is 0 Å². The molecule has 1 aromatic heterocycles. The zero-order chi connectivity index (χ0) is 24.9. The van der Waals surface area contributed by atoms with Crippen molar-refractivity contribution in [3.8, 4) is 11.1 Å². The summed E-state index contributed by atoms with van der Waals surface area (Å²) in [7, 11) is -3.98. The highest BCUT2D eigenvalue weighted by atomic mass is 35.5. The summed E-state index contributed by atoms with van der Waals surface area (Å²) in [5.41, 5.74) is 3.46. The molecule has 0 spiro atoms. The number of hydrogen-bond acceptors (Lipinski definition) is 5. The van der Waals surface area contributed by atoms with Crippen LogP contribution in [0.1, 0.15) is 42.5 Å². The Hall–Kier alpha value is -2.78. The molecule has 7 nitrogen and oxygen atoms in total. The number of pyridine rings is 1. The Morgan fingerprint density at radius 3 is 2.62 bits per heavy atom. The van der Waals surface area contributed by atoms with Gasteiger partial charge in [0.15, 0.2) is 0 Å². The fourth-order valence-corrected chi connectivity index (χ4v) is 6.01. The van der Waals surface area contributed by atoms with Crippen molar-refractivity contribution < 1.29 is 23.4 Å². The standard InChI is InChI=1S/C25H27ClN2O5S/c1-17-23(26)8-4-9-24(17)34(32,33)28(13-5-10-25(30)31)18(2)19-6-3-7-20(14-19)22-11-12-27-15-21(22)16-29/h3-4,6-9,11-12,14-15,18,29H,5,10,13,16H2,1-2H3,(H,30,31). The number of rotatable bonds is 10. The van der Waals surface area contributed by atoms with Crippen molar-refractivity contribution in [2.24, 2.45) is 0 Å². The number of aliphatic hydroxyl groups excluding tert-OH is 1. The van der Waals surface area contributed by atoms with Gasteiger partial charge >= 0.3 is 5.97 Å². The summed E-state index contributed by atoms with van der Waals surface area (Å²) in [6.07, 6.45) is 3.24. The normalized spacial score (nSPS) is 12.6. The van der Waals surface area contributed by atoms with Crippen LogP contribution in [0.3, 0.4) is 0 Å². The Bertz CT molecular complexity index is 1280. The Kier molecular flexibility index (Phi) is 8.43. The number of nitrogens with zero attached hydrogens (tertiary/aromatic N) is 2. The summed E-state index contributed by atoms with van der Waals surface area (Å²) in [4.78, 5) is 15.2. The minimum Gasteiger partial charge on any atom is -0.481 e. The van der Waals surface area contributed by atoms with E-state index in [9.17, 15) is 18.3 Å². The van der Waals surface area contributed by atoms with Crippen molar-refractivity contribution in [1.82, 2.24) is 9.29 Å². The van der Waals surface area contributed by atoms with E-state index in [1.165, 1.54) is 10.4 Å². The molecule has 2 N–H and O–H groups in total. The quantitative estimate of drug-likeness (QED) is 0.411. The molecule has 0 aliphatic carbocycles. The van der Waals surface area contributed by atoms with Crippen LogP contribution >= 0.6 is 11.6 Å². The van der Waals surface area contributed by atoms with Crippen LogP contribution in [0.25, 0.3) is 11.1 Å². The first-order valence-corrected chi connectivity index (χ1v) is 12.6. The lowest BCUT2D eigenvalue weighted by Crippen LogP contribution is -2.35. The predicted octanol–water partition coefficient (Wildman–Crippen LogP) is 4.82. The third kappa shape index (κ3) is 5.64. The van der Waals surface area contributed by atoms with Crippen LogP contribution in [-0.4, -0.2) is 40.4 Å². The van der Waals surface area contributed by atoms with Gasteiger partial charge in [0.25, 0.3) is 0 Å². The second-order valence-electron chi connectivity index (χ2n) is 7.97. The molecule has 0 aliphatic rings. The maximum absolute atomic E-state index is 13.7. The first kappa shape index (κ1) is 25.8. The van der Waals surface area contributed by atoms with Crippen molar-refractivity contribution in [3.05, 3.63) is 82.6 Å². The van der Waals surface area contributed by atoms with Gasteiger partial charge in [-0.05, 0) is 66.8 Å². The number of halogens is 1. The Morgan fingerprint density at radius 1 is 1.18 bits per heavy atom. The molecule has 9 heteroatoms. The summed E-state index contributed by atoms with van der Waals surface area (Å²) < 4.78 is 28.8. The fraction of sp³-hybridized carbons (Fsp3) is 0.280. The Morgan fingerprint density at radius 2 is 1.91 bits per heavy atom. The van der Waals surface area contributed by atoms with E-state index in [1.807, 2.05) is 24.3 Å². The lowest BCUT2D eigenvalue weighted by atomic mass is 9.98. The first-order chi connectivity index (χ1) is 16.2. The Labute approximate surface area is 204 Å². The van der Waals surface area contributed by atoms with Crippen LogP contribution in [0.15, 0.2) is 65.8 Å². The molecule has 0 amide bonds. The molecular weight excluding hydrogens is 476 g/mol. The van der Waals surface area contributed by atoms with Gasteiger partial charge in [-0.2, -0.15) is 4.31 Å². The van der Waals surface area contributed by atoms with Crippen LogP contribution < -0.4 is 0 Å². The highest BCUT2D eigenvalue weighted by Gasteiger charge is 2.31. The van der Waals surface area contributed by atoms with E-state index in [0.29, 0.717) is 16.1 Å². The molecule has 1 unspecified atom stereocenters. The summed E-state index contributed by atoms with van der Waals surface area (Å²) >= 11 is 6.20. The fourth-order valence-electron chi connectivity index (χ4n) is 3.87. The molecule has 2 aromatic carbocycles. The summed E-state index contributed by atoms with van der Waals surface area (Å²) in [6.45, 7) is 3.28. The van der Waals surface area contributed by atoms with Gasteiger partial charge < -0.3 is 10.2 Å². The minimum absolute atomic E-state index is 0.0309. The number of aliphatic hydroxyl groups is 1. The molecule has 3 rings (SSSR count). The van der Waals surface area contributed by atoms with E-state index >= 15 is 0 Å². The van der Waals surface area contributed by atoms with Gasteiger partial charge in [-0.3, -0.25) is 9.78 Å². The summed E-state index contributed by atoms with van der Waals surface area (Å²) in [6, 6.07) is 13.4. The first-order valence-electron chi connectivity index (χ1n) is 10.8. The smallest absolute Gasteiger partial charge is 0.303 e. The number of sulfonamides is 1. The van der Waals surface area contributed by atoms with Gasteiger partial charge in [-0.25, -0.2) is 8.42 Å². The summed E-state index contributed by atoms with van der Waals surface area (Å²) in [5, 5.41) is 19.1. The van der Waals surface area contributed by atoms with Gasteiger partial charge in [0.05, 0.1) is 11.5 Å². The molecule has 1 atom stereocenters. The van der Waals surface area contributed by atoms with E-state index in [-0.39, 0.29) is 30.9 Å². The molecule has 0 bridgehead atoms. The number of aliphatic carboxylic acids is 1. The van der Waals surface area contributed by atoms with Crippen molar-refractivity contribution in [3.63, 3.8) is 0 Å². The van der Waals surface area contributed by atoms with E-state index in [0.717, 1.165) is 16.7 Å². The number of carboxylic acid groups (broad SMARTS) is 1. The second-order valence-corrected chi connectivity index (χ2v) is 10.2. The topological polar surface area (TPSA) is 108 Å². The third-order valence-electron chi connectivity index (χ3n) is 5.76. The molecule has 0 saturated heterocycles. The number of benzene rings is 2. The monoisotopic (exact) mass is 502 g/mol. The molecule has 0 fully saturated rings. The lowest BCUT2D eigenvalue weighted by Gasteiger charge is -2.29. The van der Waals surface area contributed by atoms with Crippen LogP contribution in [0.4, 0.5) is 0 Å². The molecular formula is C25H27ClN2O5S. The Balaban J connectivity index is 2.05. The highest BCUT2D eigenvalue weighted by molar-refractivity contribution is 7.89. The third-order valence-corrected chi connectivity index (χ3v) is 8.28. The summed E-state index contributed by atoms with van der Waals surface area (Å²) in [5.74, 6) is -0.986. The molecule has 1 heterocycles. The number of carboxylic acids is 1. The van der Waals surface area contributed by atoms with E-state index < -0.39 is 22.0 Å². The zero-order valence-corrected chi connectivity index (χ0v) is 20.6. The molecule has 0 aliphatic heterocycles. The second kappa shape index (κ2) is 11.1. The molecule has 0 radical (unpaired) electrons. The van der Waals surface area contributed by atoms with Crippen LogP contribution in [0, 0.1) is 6.92 Å². The molecule has 3 aromatic rings. The molecule has 0 saturated carbocycles. The van der Waals surface area contributed by atoms with Crippen LogP contribution in [-0.2, 0) is 21.4 Å². The van der Waals surface area contributed by atoms with Crippen molar-refractivity contribution in [2.45, 2.75) is 44.2 Å². The maximum atomic E-state index is 13.7. The largest absolute Gasteiger partial charge is 0.481 e. The van der Waals surface area contributed by atoms with E-state index in [2.05, 4.69) is 4.98 Å². The zero-order valence-electron chi connectivity index (χ0n) is 19.0. The SMILES string of the molecule is Cc1c(Cl)cccc1S(=O)(=O)N(CCCC(=O)O)C(C)c1cccc(-c2ccncc2CO)c1. The van der Waals surface area contributed by atoms with E-state index in [1.54, 1.807) is 44.4 Å². The van der Waals surface area contributed by atoms with Crippen LogP contribution in [0.2, 0.25) is 5.02 Å². The number of aromatic nitrogens is 1. The number of carbonyl (C=O) groups is 1. The molecule has 34 heavy (non-hydrogen) atoms. The highest BCUT2D eigenvalue weighted by Crippen LogP contribution is 2.33. The van der Waals surface area contributed by atoms with Crippen molar-refractivity contribution in [2.75, 3.05) is 6.54 Å². The lowest BCUT2D eigenvalue weighted by molar-refractivity contribution is -0.137. The van der Waals surface area contributed by atoms with E-state index in [4.69, 9.17) is 16.7 Å². The van der Waals surface area contributed by atoms with Gasteiger partial charge in [-0.15, -0.1) is 0 Å². The van der Waals surface area contributed by atoms with Gasteiger partial charge in [-0.1, -0.05) is 35.9 Å². The average molecular weight is 503 g/mol. The van der Waals surface area contributed by atoms with Gasteiger partial charge in [0.2, 0.25) is 10.0 Å². The predicted molar refractivity (Wildman–Crippen MR) is 131 cm³/mol. The van der Waals surface area contributed by atoms with Gasteiger partial charge in [0.1, 0.15) is 0 Å². The van der Waals surface area contributed by atoms with Gasteiger partial charge in [0, 0.05) is 42.0 Å². The van der Waals surface area contributed by atoms with Crippen molar-refractivity contribution >= 4 is 27.6 Å². The number of hydrogen-bond donors (Lipinski definition) is 2. The molecule has 180 valence electrons.